The van der Waals surface area contributed by atoms with Gasteiger partial charge in [0.25, 0.3) is 0 Å². The number of anilines is 1. The van der Waals surface area contributed by atoms with Gasteiger partial charge in [-0.2, -0.15) is 5.10 Å². The molecule has 2 amide bonds. The van der Waals surface area contributed by atoms with Crippen molar-refractivity contribution in [2.75, 3.05) is 45.2 Å². The minimum Gasteiger partial charge on any atom is -0.497 e. The molecule has 2 aromatic heterocycles. The van der Waals surface area contributed by atoms with Gasteiger partial charge in [0.2, 0.25) is 0 Å². The van der Waals surface area contributed by atoms with Crippen LogP contribution in [0.4, 0.5) is 15.0 Å². The van der Waals surface area contributed by atoms with Crippen LogP contribution < -0.4 is 15.4 Å². The van der Waals surface area contributed by atoms with E-state index < -0.39 is 0 Å². The molecule has 1 atom stereocenters. The molecule has 10 heteroatoms. The van der Waals surface area contributed by atoms with Gasteiger partial charge in [-0.05, 0) is 53.8 Å². The number of methoxy groups -OCH3 is 1. The molecular formula is C30H34FN7O2. The van der Waals surface area contributed by atoms with Gasteiger partial charge in [-0.3, -0.25) is 0 Å². The topological polar surface area (TPSA) is 92.8 Å². The van der Waals surface area contributed by atoms with Crippen molar-refractivity contribution in [3.63, 3.8) is 0 Å². The fourth-order valence-electron chi connectivity index (χ4n) is 5.85. The third-order valence-corrected chi connectivity index (χ3v) is 8.06. The lowest BCUT2D eigenvalue weighted by Gasteiger charge is -2.37. The van der Waals surface area contributed by atoms with Gasteiger partial charge in [-0.25, -0.2) is 18.9 Å². The Morgan fingerprint density at radius 3 is 2.67 bits per heavy atom. The number of urea groups is 1. The van der Waals surface area contributed by atoms with E-state index in [1.54, 1.807) is 24.3 Å². The van der Waals surface area contributed by atoms with E-state index >= 15 is 0 Å². The summed E-state index contributed by atoms with van der Waals surface area (Å²) in [6.45, 7) is 3.67. The largest absolute Gasteiger partial charge is 0.497 e. The van der Waals surface area contributed by atoms with Crippen molar-refractivity contribution in [2.45, 2.75) is 32.0 Å². The first-order chi connectivity index (χ1) is 19.5. The monoisotopic (exact) mass is 543 g/mol. The summed E-state index contributed by atoms with van der Waals surface area (Å²) >= 11 is 0. The van der Waals surface area contributed by atoms with Crippen LogP contribution in [0.5, 0.6) is 5.75 Å². The standard InChI is InChI=1S/C30H34FN7O2/c1-35-13-3-14-37(30(35)39)23-11-15-36(19-23)29-27-25(21-6-7-22(17-32)26(31)16-21)10-12-33-28(27)38(34-29)18-20-4-8-24(40-2)9-5-20/h4-10,12,16,23H,3,11,13-15,17-19,32H2,1-2H3/t23-/m1/s1. The highest BCUT2D eigenvalue weighted by atomic mass is 19.1. The molecule has 0 unspecified atom stereocenters. The third-order valence-electron chi connectivity index (χ3n) is 8.06. The minimum atomic E-state index is -0.328. The van der Waals surface area contributed by atoms with Crippen LogP contribution in [0.15, 0.2) is 54.7 Å². The lowest BCUT2D eigenvalue weighted by Crippen LogP contribution is -2.52. The van der Waals surface area contributed by atoms with Gasteiger partial charge >= 0.3 is 6.03 Å². The number of hydrogen-bond donors (Lipinski definition) is 1. The molecule has 4 aromatic rings. The Kier molecular flexibility index (Phi) is 7.02. The van der Waals surface area contributed by atoms with Crippen LogP contribution in [0, 0.1) is 5.82 Å². The highest BCUT2D eigenvalue weighted by molar-refractivity contribution is 6.01. The second-order valence-electron chi connectivity index (χ2n) is 10.5. The molecule has 0 aliphatic carbocycles. The Morgan fingerprint density at radius 1 is 1.10 bits per heavy atom. The fraction of sp³-hybridized carbons (Fsp3) is 0.367. The van der Waals surface area contributed by atoms with Crippen molar-refractivity contribution in [1.29, 1.82) is 0 Å². The van der Waals surface area contributed by atoms with Crippen molar-refractivity contribution < 1.29 is 13.9 Å². The number of benzene rings is 2. The highest BCUT2D eigenvalue weighted by Gasteiger charge is 2.36. The maximum absolute atomic E-state index is 14.8. The summed E-state index contributed by atoms with van der Waals surface area (Å²) in [5.74, 6) is 1.26. The number of carbonyl (C=O) groups is 1. The van der Waals surface area contributed by atoms with Crippen LogP contribution in [-0.2, 0) is 13.1 Å². The fourth-order valence-corrected chi connectivity index (χ4v) is 5.85. The SMILES string of the molecule is COc1ccc(Cn2nc(N3CC[C@@H](N4CCCN(C)C4=O)C3)c3c(-c4ccc(CN)c(F)c4)ccnc32)cc1. The molecule has 2 aliphatic rings. The van der Waals surface area contributed by atoms with E-state index in [2.05, 4.69) is 4.90 Å². The molecule has 208 valence electrons. The number of rotatable bonds is 7. The number of pyridine rings is 1. The van der Waals surface area contributed by atoms with Crippen molar-refractivity contribution >= 4 is 22.9 Å². The van der Waals surface area contributed by atoms with Gasteiger partial charge in [0.15, 0.2) is 11.5 Å². The number of nitrogens with zero attached hydrogens (tertiary/aromatic N) is 6. The quantitative estimate of drug-likeness (QED) is 0.378. The second kappa shape index (κ2) is 10.8. The first-order valence-electron chi connectivity index (χ1n) is 13.7. The van der Waals surface area contributed by atoms with Crippen molar-refractivity contribution in [2.24, 2.45) is 5.73 Å². The number of halogens is 1. The lowest BCUT2D eigenvalue weighted by molar-refractivity contribution is 0.123. The Hall–Kier alpha value is -4.18. The number of nitrogens with two attached hydrogens (primary N) is 1. The van der Waals surface area contributed by atoms with E-state index in [4.69, 9.17) is 20.6 Å². The molecule has 9 nitrogen and oxygen atoms in total. The number of amides is 2. The summed E-state index contributed by atoms with van der Waals surface area (Å²) < 4.78 is 22.1. The Morgan fingerprint density at radius 2 is 1.93 bits per heavy atom. The number of hydrogen-bond acceptors (Lipinski definition) is 6. The average Bonchev–Trinajstić information content (AvgIpc) is 3.60. The minimum absolute atomic E-state index is 0.0887. The third kappa shape index (κ3) is 4.72. The van der Waals surface area contributed by atoms with Gasteiger partial charge in [-0.15, -0.1) is 0 Å². The van der Waals surface area contributed by atoms with Gasteiger partial charge in [0.1, 0.15) is 11.6 Å². The molecule has 2 aliphatic heterocycles. The predicted molar refractivity (Wildman–Crippen MR) is 153 cm³/mol. The number of aromatic nitrogens is 3. The van der Waals surface area contributed by atoms with Crippen LogP contribution in [-0.4, -0.2) is 77.0 Å². The summed E-state index contributed by atoms with van der Waals surface area (Å²) in [4.78, 5) is 23.7. The van der Waals surface area contributed by atoms with Gasteiger partial charge in [0.05, 0.1) is 25.1 Å². The first-order valence-corrected chi connectivity index (χ1v) is 13.7. The van der Waals surface area contributed by atoms with E-state index in [9.17, 15) is 9.18 Å². The molecule has 40 heavy (non-hydrogen) atoms. The van der Waals surface area contributed by atoms with E-state index in [0.29, 0.717) is 18.7 Å². The number of carbonyl (C=O) groups excluding carboxylic acids is 1. The molecule has 2 fully saturated rings. The number of ether oxygens (including phenoxy) is 1. The molecule has 0 radical (unpaired) electrons. The van der Waals surface area contributed by atoms with Crippen molar-refractivity contribution in [3.05, 3.63) is 71.7 Å². The zero-order valence-electron chi connectivity index (χ0n) is 22.9. The smallest absolute Gasteiger partial charge is 0.320 e. The van der Waals surface area contributed by atoms with Crippen molar-refractivity contribution in [3.8, 4) is 16.9 Å². The molecular weight excluding hydrogens is 509 g/mol. The molecule has 2 saturated heterocycles. The summed E-state index contributed by atoms with van der Waals surface area (Å²) in [6.07, 6.45) is 3.58. The molecule has 4 heterocycles. The Balaban J connectivity index is 1.41. The highest BCUT2D eigenvalue weighted by Crippen LogP contribution is 2.37. The molecule has 0 saturated carbocycles. The summed E-state index contributed by atoms with van der Waals surface area (Å²) in [6, 6.07) is 15.2. The van der Waals surface area contributed by atoms with Gasteiger partial charge in [0, 0.05) is 51.5 Å². The summed E-state index contributed by atoms with van der Waals surface area (Å²) in [5.41, 5.74) is 9.58. The van der Waals surface area contributed by atoms with Crippen LogP contribution in [0.3, 0.4) is 0 Å². The van der Waals surface area contributed by atoms with Crippen LogP contribution in [0.2, 0.25) is 0 Å². The molecule has 2 N–H and O–H groups in total. The Bertz CT molecular complexity index is 1540. The van der Waals surface area contributed by atoms with Crippen LogP contribution in [0.25, 0.3) is 22.2 Å². The van der Waals surface area contributed by atoms with Gasteiger partial charge in [-0.1, -0.05) is 24.3 Å². The van der Waals surface area contributed by atoms with Gasteiger partial charge < -0.3 is 25.2 Å². The van der Waals surface area contributed by atoms with E-state index in [0.717, 1.165) is 71.8 Å². The predicted octanol–water partition coefficient (Wildman–Crippen LogP) is 4.09. The van der Waals surface area contributed by atoms with Crippen LogP contribution >= 0.6 is 0 Å². The zero-order chi connectivity index (χ0) is 27.8. The number of fused-ring (bicyclic) bond motifs is 1. The van der Waals surface area contributed by atoms with E-state index in [1.807, 2.05) is 53.0 Å². The summed E-state index contributed by atoms with van der Waals surface area (Å²) in [7, 11) is 3.51. The van der Waals surface area contributed by atoms with E-state index in [1.165, 1.54) is 6.07 Å². The molecule has 0 bridgehead atoms. The maximum atomic E-state index is 14.8. The molecule has 0 spiro atoms. The van der Waals surface area contributed by atoms with Crippen molar-refractivity contribution in [1.82, 2.24) is 24.6 Å². The second-order valence-corrected chi connectivity index (χ2v) is 10.5. The van der Waals surface area contributed by atoms with Crippen LogP contribution in [0.1, 0.15) is 24.0 Å². The summed E-state index contributed by atoms with van der Waals surface area (Å²) in [5, 5.41) is 5.96. The molecule has 2 aromatic carbocycles. The lowest BCUT2D eigenvalue weighted by atomic mass is 10.0. The zero-order valence-corrected chi connectivity index (χ0v) is 22.9. The maximum Gasteiger partial charge on any atom is 0.320 e. The van der Waals surface area contributed by atoms with E-state index in [-0.39, 0.29) is 24.4 Å². The first kappa shape index (κ1) is 26.1. The molecule has 6 rings (SSSR count). The average molecular weight is 544 g/mol. The Labute approximate surface area is 232 Å². The normalized spacial score (nSPS) is 17.8.